The van der Waals surface area contributed by atoms with E-state index >= 15 is 0 Å². The van der Waals surface area contributed by atoms with Crippen molar-refractivity contribution in [3.8, 4) is 0 Å². The molecule has 2 aliphatic rings. The van der Waals surface area contributed by atoms with Gasteiger partial charge in [0.25, 0.3) is 0 Å². The summed E-state index contributed by atoms with van der Waals surface area (Å²) in [6.07, 6.45) is 3.78. The Morgan fingerprint density at radius 1 is 1.00 bits per heavy atom. The SMILES string of the molecule is CCC(CC)C(=O)N1CCC(NC(=O)Nc2ccc(CN3C(=O)CCC3=O)cc2)CC1. The first kappa shape index (κ1) is 22.8. The van der Waals surface area contributed by atoms with Gasteiger partial charge < -0.3 is 15.5 Å². The Morgan fingerprint density at radius 3 is 2.13 bits per heavy atom. The number of rotatable bonds is 7. The molecule has 2 aliphatic heterocycles. The van der Waals surface area contributed by atoms with Crippen molar-refractivity contribution in [1.82, 2.24) is 15.1 Å². The van der Waals surface area contributed by atoms with Gasteiger partial charge in [0.2, 0.25) is 17.7 Å². The third kappa shape index (κ3) is 5.83. The van der Waals surface area contributed by atoms with Gasteiger partial charge >= 0.3 is 6.03 Å². The second kappa shape index (κ2) is 10.4. The Bertz CT molecular complexity index is 795. The Morgan fingerprint density at radius 2 is 1.58 bits per heavy atom. The number of piperidine rings is 1. The summed E-state index contributed by atoms with van der Waals surface area (Å²) in [5, 5.41) is 5.80. The fraction of sp³-hybridized carbons (Fsp3) is 0.565. The minimum Gasteiger partial charge on any atom is -0.342 e. The summed E-state index contributed by atoms with van der Waals surface area (Å²) in [6.45, 7) is 5.69. The number of carbonyl (C=O) groups excluding carboxylic acids is 4. The number of amides is 5. The first-order valence-corrected chi connectivity index (χ1v) is 11.2. The van der Waals surface area contributed by atoms with Gasteiger partial charge in [0, 0.05) is 43.6 Å². The van der Waals surface area contributed by atoms with Gasteiger partial charge in [-0.15, -0.1) is 0 Å². The zero-order chi connectivity index (χ0) is 22.4. The van der Waals surface area contributed by atoms with Gasteiger partial charge in [0.1, 0.15) is 0 Å². The lowest BCUT2D eigenvalue weighted by molar-refractivity contribution is -0.139. The number of urea groups is 1. The fourth-order valence-electron chi connectivity index (χ4n) is 4.17. The number of likely N-dealkylation sites (tertiary alicyclic amines) is 2. The highest BCUT2D eigenvalue weighted by Crippen LogP contribution is 2.19. The average molecular weight is 429 g/mol. The highest BCUT2D eigenvalue weighted by molar-refractivity contribution is 6.01. The molecule has 0 radical (unpaired) electrons. The molecular formula is C23H32N4O4. The molecule has 2 saturated heterocycles. The molecule has 168 valence electrons. The molecule has 2 heterocycles. The van der Waals surface area contributed by atoms with Crippen LogP contribution in [0.25, 0.3) is 0 Å². The first-order valence-electron chi connectivity index (χ1n) is 11.2. The van der Waals surface area contributed by atoms with Crippen molar-refractivity contribution in [2.24, 2.45) is 5.92 Å². The molecule has 31 heavy (non-hydrogen) atoms. The predicted octanol–water partition coefficient (Wildman–Crippen LogP) is 2.88. The summed E-state index contributed by atoms with van der Waals surface area (Å²) < 4.78 is 0. The molecule has 0 bridgehead atoms. The van der Waals surface area contributed by atoms with Crippen molar-refractivity contribution in [2.45, 2.75) is 65.0 Å². The lowest BCUT2D eigenvalue weighted by Gasteiger charge is -2.34. The molecule has 1 aromatic carbocycles. The van der Waals surface area contributed by atoms with E-state index in [0.29, 0.717) is 18.8 Å². The molecule has 3 rings (SSSR count). The molecule has 0 aliphatic carbocycles. The first-order chi connectivity index (χ1) is 14.9. The van der Waals surface area contributed by atoms with Crippen LogP contribution in [0.1, 0.15) is 57.9 Å². The Balaban J connectivity index is 1.43. The molecule has 0 saturated carbocycles. The maximum absolute atomic E-state index is 12.5. The molecule has 8 heteroatoms. The Hall–Kier alpha value is -2.90. The number of anilines is 1. The number of hydrogen-bond donors (Lipinski definition) is 2. The van der Waals surface area contributed by atoms with E-state index in [-0.39, 0.29) is 55.1 Å². The second-order valence-corrected chi connectivity index (χ2v) is 8.28. The van der Waals surface area contributed by atoms with Gasteiger partial charge in [0.15, 0.2) is 0 Å². The number of hydrogen-bond acceptors (Lipinski definition) is 4. The molecular weight excluding hydrogens is 396 g/mol. The van der Waals surface area contributed by atoms with E-state index in [2.05, 4.69) is 10.6 Å². The van der Waals surface area contributed by atoms with Crippen LogP contribution in [0.3, 0.4) is 0 Å². The molecule has 8 nitrogen and oxygen atoms in total. The van der Waals surface area contributed by atoms with Crippen molar-refractivity contribution in [1.29, 1.82) is 0 Å². The number of imide groups is 1. The average Bonchev–Trinajstić information content (AvgIpc) is 3.08. The van der Waals surface area contributed by atoms with Crippen molar-refractivity contribution in [2.75, 3.05) is 18.4 Å². The molecule has 0 unspecified atom stereocenters. The minimum atomic E-state index is -0.276. The quantitative estimate of drug-likeness (QED) is 0.653. The van der Waals surface area contributed by atoms with Crippen molar-refractivity contribution in [3.05, 3.63) is 29.8 Å². The number of benzene rings is 1. The Labute approximate surface area is 183 Å². The monoisotopic (exact) mass is 428 g/mol. The van der Waals surface area contributed by atoms with Crippen molar-refractivity contribution < 1.29 is 19.2 Å². The summed E-state index contributed by atoms with van der Waals surface area (Å²) in [5.74, 6) is 0.0429. The smallest absolute Gasteiger partial charge is 0.319 e. The van der Waals surface area contributed by atoms with Gasteiger partial charge in [0.05, 0.1) is 6.54 Å². The zero-order valence-corrected chi connectivity index (χ0v) is 18.4. The maximum atomic E-state index is 12.5. The van der Waals surface area contributed by atoms with Gasteiger partial charge in [-0.3, -0.25) is 19.3 Å². The molecule has 2 N–H and O–H groups in total. The van der Waals surface area contributed by atoms with Gasteiger partial charge in [-0.25, -0.2) is 4.79 Å². The van der Waals surface area contributed by atoms with E-state index in [9.17, 15) is 19.2 Å². The van der Waals surface area contributed by atoms with Crippen molar-refractivity contribution >= 4 is 29.4 Å². The van der Waals surface area contributed by atoms with Crippen LogP contribution in [-0.2, 0) is 20.9 Å². The third-order valence-corrected chi connectivity index (χ3v) is 6.18. The van der Waals surface area contributed by atoms with Gasteiger partial charge in [-0.05, 0) is 43.4 Å². The van der Waals surface area contributed by atoms with E-state index in [0.717, 1.165) is 31.2 Å². The van der Waals surface area contributed by atoms with Crippen LogP contribution in [0.5, 0.6) is 0 Å². The normalized spacial score (nSPS) is 17.4. The van der Waals surface area contributed by atoms with Crippen LogP contribution in [0.2, 0.25) is 0 Å². The zero-order valence-electron chi connectivity index (χ0n) is 18.4. The van der Waals surface area contributed by atoms with E-state index in [1.54, 1.807) is 24.3 Å². The number of nitrogens with zero attached hydrogens (tertiary/aromatic N) is 2. The van der Waals surface area contributed by atoms with E-state index in [1.165, 1.54) is 4.90 Å². The lowest BCUT2D eigenvalue weighted by Crippen LogP contribution is -2.48. The molecule has 0 aromatic heterocycles. The molecule has 2 fully saturated rings. The predicted molar refractivity (Wildman–Crippen MR) is 117 cm³/mol. The number of nitrogens with one attached hydrogen (secondary N) is 2. The van der Waals surface area contributed by atoms with Crippen LogP contribution in [-0.4, -0.2) is 52.7 Å². The molecule has 0 spiro atoms. The second-order valence-electron chi connectivity index (χ2n) is 8.28. The van der Waals surface area contributed by atoms with E-state index in [4.69, 9.17) is 0 Å². The van der Waals surface area contributed by atoms with Gasteiger partial charge in [-0.1, -0.05) is 26.0 Å². The van der Waals surface area contributed by atoms with Crippen LogP contribution in [0.4, 0.5) is 10.5 Å². The largest absolute Gasteiger partial charge is 0.342 e. The minimum absolute atomic E-state index is 0.0391. The summed E-state index contributed by atoms with van der Waals surface area (Å²) >= 11 is 0. The van der Waals surface area contributed by atoms with E-state index < -0.39 is 0 Å². The highest BCUT2D eigenvalue weighted by Gasteiger charge is 2.29. The maximum Gasteiger partial charge on any atom is 0.319 e. The molecule has 0 atom stereocenters. The van der Waals surface area contributed by atoms with Crippen molar-refractivity contribution in [3.63, 3.8) is 0 Å². The summed E-state index contributed by atoms with van der Waals surface area (Å²) in [5.41, 5.74) is 1.48. The van der Waals surface area contributed by atoms with E-state index in [1.807, 2.05) is 18.7 Å². The highest BCUT2D eigenvalue weighted by atomic mass is 16.2. The van der Waals surface area contributed by atoms with Crippen LogP contribution in [0, 0.1) is 5.92 Å². The summed E-state index contributed by atoms with van der Waals surface area (Å²) in [6, 6.07) is 6.89. The third-order valence-electron chi connectivity index (χ3n) is 6.18. The topological polar surface area (TPSA) is 98.8 Å². The summed E-state index contributed by atoms with van der Waals surface area (Å²) in [7, 11) is 0. The van der Waals surface area contributed by atoms with Gasteiger partial charge in [-0.2, -0.15) is 0 Å². The number of carbonyl (C=O) groups is 4. The van der Waals surface area contributed by atoms with Crippen LogP contribution >= 0.6 is 0 Å². The summed E-state index contributed by atoms with van der Waals surface area (Å²) in [4.78, 5) is 51.5. The van der Waals surface area contributed by atoms with Crippen LogP contribution < -0.4 is 10.6 Å². The lowest BCUT2D eigenvalue weighted by atomic mass is 9.98. The molecule has 5 amide bonds. The standard InChI is InChI=1S/C23H32N4O4/c1-3-17(4-2)22(30)26-13-11-19(12-14-26)25-23(31)24-18-7-5-16(6-8-18)15-27-20(28)9-10-21(27)29/h5-8,17,19H,3-4,9-15H2,1-2H3,(H2,24,25,31). The fourth-order valence-corrected chi connectivity index (χ4v) is 4.17. The molecule has 1 aromatic rings. The Kier molecular flexibility index (Phi) is 7.65. The van der Waals surface area contributed by atoms with Crippen LogP contribution in [0.15, 0.2) is 24.3 Å².